The minimum atomic E-state index is -0.304. The standard InChI is InChI=1S/C12H13FN4/c1-14-8-12-15-7-6-11(17-12)16-10-5-3-2-4-9(10)13/h2-7,14H,8H2,1H3,(H,15,16,17). The predicted molar refractivity (Wildman–Crippen MR) is 64.5 cm³/mol. The van der Waals surface area contributed by atoms with Crippen LogP contribution >= 0.6 is 0 Å². The molecule has 0 radical (unpaired) electrons. The molecule has 1 aromatic heterocycles. The van der Waals surface area contributed by atoms with Gasteiger partial charge in [0.25, 0.3) is 0 Å². The molecule has 0 aliphatic carbocycles. The monoisotopic (exact) mass is 232 g/mol. The summed E-state index contributed by atoms with van der Waals surface area (Å²) in [5.41, 5.74) is 0.404. The molecule has 2 aromatic rings. The van der Waals surface area contributed by atoms with Crippen LogP contribution in [-0.4, -0.2) is 17.0 Å². The molecule has 88 valence electrons. The first-order valence-corrected chi connectivity index (χ1v) is 5.27. The molecular formula is C12H13FN4. The predicted octanol–water partition coefficient (Wildman–Crippen LogP) is 2.08. The summed E-state index contributed by atoms with van der Waals surface area (Å²) in [6.07, 6.45) is 1.64. The highest BCUT2D eigenvalue weighted by Gasteiger charge is 2.02. The van der Waals surface area contributed by atoms with Gasteiger partial charge in [-0.2, -0.15) is 0 Å². The van der Waals surface area contributed by atoms with Gasteiger partial charge in [0.05, 0.1) is 12.2 Å². The first-order valence-electron chi connectivity index (χ1n) is 5.27. The van der Waals surface area contributed by atoms with Gasteiger partial charge in [0, 0.05) is 6.20 Å². The second-order valence-electron chi connectivity index (χ2n) is 3.49. The van der Waals surface area contributed by atoms with E-state index >= 15 is 0 Å². The van der Waals surface area contributed by atoms with Gasteiger partial charge in [-0.1, -0.05) is 12.1 Å². The van der Waals surface area contributed by atoms with Crippen LogP contribution in [0.25, 0.3) is 0 Å². The summed E-state index contributed by atoms with van der Waals surface area (Å²) in [6, 6.07) is 8.17. The average Bonchev–Trinajstić information content (AvgIpc) is 2.33. The molecule has 1 aromatic carbocycles. The number of rotatable bonds is 4. The number of halogens is 1. The van der Waals surface area contributed by atoms with Crippen LogP contribution in [-0.2, 0) is 6.54 Å². The molecule has 0 aliphatic heterocycles. The second-order valence-corrected chi connectivity index (χ2v) is 3.49. The zero-order valence-corrected chi connectivity index (χ0v) is 9.44. The summed E-state index contributed by atoms with van der Waals surface area (Å²) in [5, 5.41) is 5.88. The van der Waals surface area contributed by atoms with Gasteiger partial charge in [0.15, 0.2) is 0 Å². The minimum Gasteiger partial charge on any atom is -0.338 e. The van der Waals surface area contributed by atoms with E-state index in [9.17, 15) is 4.39 Å². The van der Waals surface area contributed by atoms with E-state index < -0.39 is 0 Å². The molecule has 2 N–H and O–H groups in total. The van der Waals surface area contributed by atoms with E-state index in [2.05, 4.69) is 20.6 Å². The van der Waals surface area contributed by atoms with Crippen molar-refractivity contribution in [2.45, 2.75) is 6.54 Å². The molecule has 17 heavy (non-hydrogen) atoms. The number of hydrogen-bond donors (Lipinski definition) is 2. The molecule has 5 heteroatoms. The SMILES string of the molecule is CNCc1nccc(Nc2ccccc2F)n1. The van der Waals surface area contributed by atoms with Crippen LogP contribution in [0.4, 0.5) is 15.9 Å². The normalized spacial score (nSPS) is 10.2. The van der Waals surface area contributed by atoms with Crippen molar-refractivity contribution < 1.29 is 4.39 Å². The molecule has 4 nitrogen and oxygen atoms in total. The van der Waals surface area contributed by atoms with Crippen molar-refractivity contribution >= 4 is 11.5 Å². The molecule has 0 spiro atoms. The first-order chi connectivity index (χ1) is 8.29. The quantitative estimate of drug-likeness (QED) is 0.847. The van der Waals surface area contributed by atoms with Crippen LogP contribution in [0.3, 0.4) is 0 Å². The summed E-state index contributed by atoms with van der Waals surface area (Å²) in [5.74, 6) is 0.936. The highest BCUT2D eigenvalue weighted by atomic mass is 19.1. The Morgan fingerprint density at radius 3 is 2.82 bits per heavy atom. The maximum Gasteiger partial charge on any atom is 0.146 e. The van der Waals surface area contributed by atoms with E-state index in [1.807, 2.05) is 7.05 Å². The third-order valence-corrected chi connectivity index (χ3v) is 2.18. The maximum absolute atomic E-state index is 13.4. The fraction of sp³-hybridized carbons (Fsp3) is 0.167. The zero-order chi connectivity index (χ0) is 12.1. The lowest BCUT2D eigenvalue weighted by Crippen LogP contribution is -2.09. The molecule has 1 heterocycles. The Morgan fingerprint density at radius 2 is 2.06 bits per heavy atom. The molecule has 0 fully saturated rings. The molecular weight excluding hydrogens is 219 g/mol. The van der Waals surface area contributed by atoms with Crippen LogP contribution in [0.5, 0.6) is 0 Å². The van der Waals surface area contributed by atoms with E-state index in [0.717, 1.165) is 0 Å². The maximum atomic E-state index is 13.4. The molecule has 0 atom stereocenters. The van der Waals surface area contributed by atoms with Crippen molar-refractivity contribution in [1.82, 2.24) is 15.3 Å². The van der Waals surface area contributed by atoms with E-state index in [-0.39, 0.29) is 5.82 Å². The van der Waals surface area contributed by atoms with Gasteiger partial charge in [-0.3, -0.25) is 0 Å². The molecule has 2 rings (SSSR count). The Morgan fingerprint density at radius 1 is 1.24 bits per heavy atom. The van der Waals surface area contributed by atoms with E-state index in [0.29, 0.717) is 23.9 Å². The van der Waals surface area contributed by atoms with Gasteiger partial charge in [-0.25, -0.2) is 14.4 Å². The Kier molecular flexibility index (Phi) is 3.62. The number of para-hydroxylation sites is 1. The van der Waals surface area contributed by atoms with Crippen LogP contribution in [0, 0.1) is 5.82 Å². The van der Waals surface area contributed by atoms with Crippen molar-refractivity contribution in [3.8, 4) is 0 Å². The summed E-state index contributed by atoms with van der Waals surface area (Å²) in [6.45, 7) is 0.576. The van der Waals surface area contributed by atoms with E-state index in [1.165, 1.54) is 6.07 Å². The lowest BCUT2D eigenvalue weighted by atomic mass is 10.3. The number of benzene rings is 1. The van der Waals surface area contributed by atoms with E-state index in [1.54, 1.807) is 30.5 Å². The van der Waals surface area contributed by atoms with Gasteiger partial charge in [0.1, 0.15) is 17.5 Å². The highest BCUT2D eigenvalue weighted by molar-refractivity contribution is 5.56. The summed E-state index contributed by atoms with van der Waals surface area (Å²) in [4.78, 5) is 8.33. The van der Waals surface area contributed by atoms with Gasteiger partial charge in [-0.05, 0) is 25.2 Å². The third-order valence-electron chi connectivity index (χ3n) is 2.18. The van der Waals surface area contributed by atoms with Crippen LogP contribution in [0.1, 0.15) is 5.82 Å². The smallest absolute Gasteiger partial charge is 0.146 e. The Balaban J connectivity index is 2.18. The molecule has 0 unspecified atom stereocenters. The number of aromatic nitrogens is 2. The Labute approximate surface area is 98.9 Å². The summed E-state index contributed by atoms with van der Waals surface area (Å²) >= 11 is 0. The van der Waals surface area contributed by atoms with Crippen LogP contribution in [0.2, 0.25) is 0 Å². The fourth-order valence-corrected chi connectivity index (χ4v) is 1.41. The van der Waals surface area contributed by atoms with Crippen LogP contribution in [0.15, 0.2) is 36.5 Å². The van der Waals surface area contributed by atoms with Gasteiger partial charge in [-0.15, -0.1) is 0 Å². The average molecular weight is 232 g/mol. The number of nitrogens with zero attached hydrogens (tertiary/aromatic N) is 2. The highest BCUT2D eigenvalue weighted by Crippen LogP contribution is 2.17. The lowest BCUT2D eigenvalue weighted by molar-refractivity contribution is 0.631. The molecule has 0 aliphatic rings. The topological polar surface area (TPSA) is 49.8 Å². The second kappa shape index (κ2) is 5.36. The largest absolute Gasteiger partial charge is 0.338 e. The zero-order valence-electron chi connectivity index (χ0n) is 9.44. The van der Waals surface area contributed by atoms with Crippen LogP contribution < -0.4 is 10.6 Å². The lowest BCUT2D eigenvalue weighted by Gasteiger charge is -2.07. The minimum absolute atomic E-state index is 0.304. The summed E-state index contributed by atoms with van der Waals surface area (Å²) in [7, 11) is 1.82. The Bertz CT molecular complexity index is 501. The van der Waals surface area contributed by atoms with Gasteiger partial charge >= 0.3 is 0 Å². The van der Waals surface area contributed by atoms with Crippen molar-refractivity contribution in [3.05, 3.63) is 48.2 Å². The molecule has 0 saturated heterocycles. The van der Waals surface area contributed by atoms with E-state index in [4.69, 9.17) is 0 Å². The number of nitrogens with one attached hydrogen (secondary N) is 2. The first kappa shape index (κ1) is 11.5. The van der Waals surface area contributed by atoms with Crippen molar-refractivity contribution in [2.75, 3.05) is 12.4 Å². The van der Waals surface area contributed by atoms with Crippen molar-refractivity contribution in [2.24, 2.45) is 0 Å². The third kappa shape index (κ3) is 2.98. The molecule has 0 saturated carbocycles. The molecule has 0 amide bonds. The van der Waals surface area contributed by atoms with Gasteiger partial charge in [0.2, 0.25) is 0 Å². The number of hydrogen-bond acceptors (Lipinski definition) is 4. The van der Waals surface area contributed by atoms with Crippen molar-refractivity contribution in [3.63, 3.8) is 0 Å². The van der Waals surface area contributed by atoms with Crippen molar-refractivity contribution in [1.29, 1.82) is 0 Å². The molecule has 0 bridgehead atoms. The Hall–Kier alpha value is -2.01. The number of anilines is 2. The fourth-order valence-electron chi connectivity index (χ4n) is 1.41. The van der Waals surface area contributed by atoms with Gasteiger partial charge < -0.3 is 10.6 Å². The summed E-state index contributed by atoms with van der Waals surface area (Å²) < 4.78 is 13.4.